The second-order valence-corrected chi connectivity index (χ2v) is 7.42. The van der Waals surface area contributed by atoms with Crippen molar-refractivity contribution in [2.75, 3.05) is 13.9 Å². The van der Waals surface area contributed by atoms with E-state index in [9.17, 15) is 9.59 Å². The van der Waals surface area contributed by atoms with Crippen molar-refractivity contribution in [3.63, 3.8) is 0 Å². The minimum atomic E-state index is -0.679. The van der Waals surface area contributed by atoms with E-state index in [0.29, 0.717) is 33.9 Å². The fourth-order valence-electron chi connectivity index (χ4n) is 2.99. The highest BCUT2D eigenvalue weighted by molar-refractivity contribution is 6.02. The predicted molar refractivity (Wildman–Crippen MR) is 104 cm³/mol. The Morgan fingerprint density at radius 1 is 1.07 bits per heavy atom. The molecule has 0 saturated carbocycles. The van der Waals surface area contributed by atoms with E-state index in [4.69, 9.17) is 14.2 Å². The van der Waals surface area contributed by atoms with Gasteiger partial charge >= 0.3 is 0 Å². The SMILES string of the molecule is COc1cccc(C(=O)NN(C(=O)c2cccc3c2OCO3)C(C)(C)C)c1C. The Kier molecular flexibility index (Phi) is 5.18. The second kappa shape index (κ2) is 7.42. The number of ether oxygens (including phenoxy) is 3. The Labute approximate surface area is 164 Å². The lowest BCUT2D eigenvalue weighted by atomic mass is 10.0. The number of benzene rings is 2. The van der Waals surface area contributed by atoms with Crippen LogP contribution >= 0.6 is 0 Å². The highest BCUT2D eigenvalue weighted by atomic mass is 16.7. The monoisotopic (exact) mass is 384 g/mol. The van der Waals surface area contributed by atoms with Gasteiger partial charge < -0.3 is 14.2 Å². The Balaban J connectivity index is 1.93. The summed E-state index contributed by atoms with van der Waals surface area (Å²) < 4.78 is 16.1. The third-order valence-corrected chi connectivity index (χ3v) is 4.46. The fraction of sp³-hybridized carbons (Fsp3) is 0.333. The predicted octanol–water partition coefficient (Wildman–Crippen LogP) is 3.32. The Morgan fingerprint density at radius 2 is 1.75 bits per heavy atom. The largest absolute Gasteiger partial charge is 0.496 e. The van der Waals surface area contributed by atoms with Gasteiger partial charge in [0.15, 0.2) is 11.5 Å². The lowest BCUT2D eigenvalue weighted by Gasteiger charge is -2.35. The van der Waals surface area contributed by atoms with Crippen LogP contribution in [-0.4, -0.2) is 36.3 Å². The lowest BCUT2D eigenvalue weighted by Crippen LogP contribution is -2.56. The average Bonchev–Trinajstić information content (AvgIpc) is 3.13. The van der Waals surface area contributed by atoms with Crippen LogP contribution in [0.5, 0.6) is 17.2 Å². The molecule has 148 valence electrons. The minimum absolute atomic E-state index is 0.0600. The summed E-state index contributed by atoms with van der Waals surface area (Å²) in [7, 11) is 1.55. The van der Waals surface area contributed by atoms with E-state index < -0.39 is 11.4 Å². The molecule has 1 aliphatic rings. The van der Waals surface area contributed by atoms with E-state index in [2.05, 4.69) is 5.43 Å². The molecule has 0 bridgehead atoms. The first-order valence-corrected chi connectivity index (χ1v) is 8.92. The summed E-state index contributed by atoms with van der Waals surface area (Å²) in [5.74, 6) is 0.712. The average molecular weight is 384 g/mol. The van der Waals surface area contributed by atoms with Crippen LogP contribution in [0.1, 0.15) is 47.1 Å². The molecule has 3 rings (SSSR count). The summed E-state index contributed by atoms with van der Waals surface area (Å²) in [6.45, 7) is 7.37. The van der Waals surface area contributed by atoms with Crippen LogP contribution in [0, 0.1) is 6.92 Å². The number of carbonyl (C=O) groups excluding carboxylic acids is 2. The van der Waals surface area contributed by atoms with Gasteiger partial charge in [-0.25, -0.2) is 5.01 Å². The van der Waals surface area contributed by atoms with Crippen LogP contribution in [0.2, 0.25) is 0 Å². The maximum atomic E-state index is 13.3. The Morgan fingerprint density at radius 3 is 2.43 bits per heavy atom. The molecule has 0 fully saturated rings. The molecule has 2 aromatic carbocycles. The van der Waals surface area contributed by atoms with Crippen LogP contribution < -0.4 is 19.6 Å². The van der Waals surface area contributed by atoms with Crippen molar-refractivity contribution in [1.82, 2.24) is 10.4 Å². The molecular weight excluding hydrogens is 360 g/mol. The zero-order valence-electron chi connectivity index (χ0n) is 16.7. The summed E-state index contributed by atoms with van der Waals surface area (Å²) in [4.78, 5) is 26.2. The molecule has 7 heteroatoms. The topological polar surface area (TPSA) is 77.1 Å². The maximum Gasteiger partial charge on any atom is 0.276 e. The van der Waals surface area contributed by atoms with Gasteiger partial charge in [-0.2, -0.15) is 0 Å². The van der Waals surface area contributed by atoms with Crippen molar-refractivity contribution in [2.45, 2.75) is 33.2 Å². The van der Waals surface area contributed by atoms with Gasteiger partial charge in [0, 0.05) is 11.1 Å². The molecule has 1 aliphatic heterocycles. The van der Waals surface area contributed by atoms with E-state index in [1.165, 1.54) is 5.01 Å². The van der Waals surface area contributed by atoms with Gasteiger partial charge in [0.05, 0.1) is 18.2 Å². The molecule has 0 aromatic heterocycles. The summed E-state index contributed by atoms with van der Waals surface area (Å²) in [5.41, 5.74) is 3.52. The Bertz CT molecular complexity index is 917. The molecule has 0 radical (unpaired) electrons. The summed E-state index contributed by atoms with van der Waals surface area (Å²) in [5, 5.41) is 1.31. The number of hydrogen-bond acceptors (Lipinski definition) is 5. The molecule has 1 N–H and O–H groups in total. The normalized spacial score (nSPS) is 12.5. The smallest absolute Gasteiger partial charge is 0.276 e. The molecule has 0 saturated heterocycles. The fourth-order valence-corrected chi connectivity index (χ4v) is 2.99. The number of nitrogens with zero attached hydrogens (tertiary/aromatic N) is 1. The molecule has 0 aliphatic carbocycles. The molecule has 28 heavy (non-hydrogen) atoms. The summed E-state index contributed by atoms with van der Waals surface area (Å²) in [6, 6.07) is 10.3. The second-order valence-electron chi connectivity index (χ2n) is 7.42. The van der Waals surface area contributed by atoms with Gasteiger partial charge in [-0.05, 0) is 52.0 Å². The lowest BCUT2D eigenvalue weighted by molar-refractivity contribution is 0.0355. The highest BCUT2D eigenvalue weighted by Gasteiger charge is 2.33. The molecule has 0 spiro atoms. The number of hydrogen-bond donors (Lipinski definition) is 1. The van der Waals surface area contributed by atoms with Crippen LogP contribution in [-0.2, 0) is 0 Å². The number of hydrazine groups is 1. The zero-order valence-corrected chi connectivity index (χ0v) is 16.7. The van der Waals surface area contributed by atoms with Crippen molar-refractivity contribution < 1.29 is 23.8 Å². The van der Waals surface area contributed by atoms with E-state index in [1.807, 2.05) is 20.8 Å². The third kappa shape index (κ3) is 3.60. The minimum Gasteiger partial charge on any atom is -0.496 e. The molecule has 0 unspecified atom stereocenters. The Hall–Kier alpha value is -3.22. The van der Waals surface area contributed by atoms with Crippen molar-refractivity contribution in [1.29, 1.82) is 0 Å². The number of methoxy groups -OCH3 is 1. The van der Waals surface area contributed by atoms with E-state index in [0.717, 1.165) is 0 Å². The van der Waals surface area contributed by atoms with Crippen LogP contribution in [0.15, 0.2) is 36.4 Å². The van der Waals surface area contributed by atoms with Gasteiger partial charge in [-0.1, -0.05) is 12.1 Å². The van der Waals surface area contributed by atoms with E-state index in [1.54, 1.807) is 50.4 Å². The maximum absolute atomic E-state index is 13.3. The van der Waals surface area contributed by atoms with Gasteiger partial charge in [0.1, 0.15) is 5.75 Å². The van der Waals surface area contributed by atoms with Crippen LogP contribution in [0.4, 0.5) is 0 Å². The van der Waals surface area contributed by atoms with E-state index >= 15 is 0 Å². The van der Waals surface area contributed by atoms with Gasteiger partial charge in [0.2, 0.25) is 6.79 Å². The highest BCUT2D eigenvalue weighted by Crippen LogP contribution is 2.36. The van der Waals surface area contributed by atoms with Gasteiger partial charge in [-0.15, -0.1) is 0 Å². The number of nitrogens with one attached hydrogen (secondary N) is 1. The molecule has 1 heterocycles. The van der Waals surface area contributed by atoms with Crippen molar-refractivity contribution >= 4 is 11.8 Å². The number of para-hydroxylation sites is 1. The third-order valence-electron chi connectivity index (χ3n) is 4.46. The first kappa shape index (κ1) is 19.5. The summed E-state index contributed by atoms with van der Waals surface area (Å²) >= 11 is 0. The number of amides is 2. The van der Waals surface area contributed by atoms with Crippen LogP contribution in [0.3, 0.4) is 0 Å². The number of rotatable bonds is 3. The summed E-state index contributed by atoms with van der Waals surface area (Å²) in [6.07, 6.45) is 0. The molecule has 2 aromatic rings. The van der Waals surface area contributed by atoms with Crippen molar-refractivity contribution in [2.24, 2.45) is 0 Å². The van der Waals surface area contributed by atoms with Gasteiger partial charge in [0.25, 0.3) is 11.8 Å². The molecule has 7 nitrogen and oxygen atoms in total. The standard InChI is InChI=1S/C21H24N2O5/c1-13-14(8-6-10-16(13)26-5)19(24)22-23(21(2,3)4)20(25)15-9-7-11-17-18(15)28-12-27-17/h6-11H,12H2,1-5H3,(H,22,24). The first-order valence-electron chi connectivity index (χ1n) is 8.92. The molecular formula is C21H24N2O5. The number of carbonyl (C=O) groups is 2. The van der Waals surface area contributed by atoms with Gasteiger partial charge in [-0.3, -0.25) is 15.0 Å². The van der Waals surface area contributed by atoms with E-state index in [-0.39, 0.29) is 12.7 Å². The number of fused-ring (bicyclic) bond motifs is 1. The van der Waals surface area contributed by atoms with Crippen molar-refractivity contribution in [3.8, 4) is 17.2 Å². The molecule has 2 amide bonds. The quantitative estimate of drug-likeness (QED) is 0.822. The first-order chi connectivity index (χ1) is 13.2. The molecule has 0 atom stereocenters. The van der Waals surface area contributed by atoms with Crippen LogP contribution in [0.25, 0.3) is 0 Å². The zero-order chi connectivity index (χ0) is 20.5. The van der Waals surface area contributed by atoms with Crippen molar-refractivity contribution in [3.05, 3.63) is 53.1 Å².